The topological polar surface area (TPSA) is 72.6 Å². The van der Waals surface area contributed by atoms with E-state index in [4.69, 9.17) is 9.26 Å². The molecule has 2 rings (SSSR count). The van der Waals surface area contributed by atoms with Gasteiger partial charge in [-0.15, -0.1) is 0 Å². The SMILES string of the molecule is CCOC(=O)CN(C)C(=O)c1cc(C2CC2)on1. The average molecular weight is 252 g/mol. The second-order valence-corrected chi connectivity index (χ2v) is 4.36. The zero-order chi connectivity index (χ0) is 13.1. The van der Waals surface area contributed by atoms with Gasteiger partial charge >= 0.3 is 5.97 Å². The van der Waals surface area contributed by atoms with Crippen LogP contribution in [0.5, 0.6) is 0 Å². The third-order valence-corrected chi connectivity index (χ3v) is 2.75. The second kappa shape index (κ2) is 5.20. The van der Waals surface area contributed by atoms with E-state index in [1.807, 2.05) is 0 Å². The Morgan fingerprint density at radius 2 is 2.28 bits per heavy atom. The summed E-state index contributed by atoms with van der Waals surface area (Å²) in [4.78, 5) is 24.5. The molecule has 18 heavy (non-hydrogen) atoms. The Balaban J connectivity index is 1.94. The molecule has 1 aromatic heterocycles. The molecule has 0 aliphatic heterocycles. The molecule has 0 bridgehead atoms. The number of hydrogen-bond acceptors (Lipinski definition) is 5. The van der Waals surface area contributed by atoms with Gasteiger partial charge in [0.05, 0.1) is 6.61 Å². The number of hydrogen-bond donors (Lipinski definition) is 0. The van der Waals surface area contributed by atoms with Gasteiger partial charge in [-0.3, -0.25) is 9.59 Å². The van der Waals surface area contributed by atoms with Gasteiger partial charge < -0.3 is 14.2 Å². The summed E-state index contributed by atoms with van der Waals surface area (Å²) < 4.78 is 9.87. The first-order valence-electron chi connectivity index (χ1n) is 5.99. The third-order valence-electron chi connectivity index (χ3n) is 2.75. The van der Waals surface area contributed by atoms with Crippen molar-refractivity contribution >= 4 is 11.9 Å². The van der Waals surface area contributed by atoms with Gasteiger partial charge in [0.1, 0.15) is 12.3 Å². The molecular weight excluding hydrogens is 236 g/mol. The highest BCUT2D eigenvalue weighted by atomic mass is 16.5. The van der Waals surface area contributed by atoms with E-state index in [1.165, 1.54) is 11.9 Å². The van der Waals surface area contributed by atoms with E-state index in [0.717, 1.165) is 18.6 Å². The lowest BCUT2D eigenvalue weighted by molar-refractivity contribution is -0.143. The van der Waals surface area contributed by atoms with Crippen molar-refractivity contribution in [2.75, 3.05) is 20.2 Å². The van der Waals surface area contributed by atoms with Gasteiger partial charge in [-0.1, -0.05) is 5.16 Å². The molecule has 1 fully saturated rings. The van der Waals surface area contributed by atoms with Crippen LogP contribution in [-0.2, 0) is 9.53 Å². The van der Waals surface area contributed by atoms with Gasteiger partial charge in [0.25, 0.3) is 5.91 Å². The highest BCUT2D eigenvalue weighted by molar-refractivity contribution is 5.94. The summed E-state index contributed by atoms with van der Waals surface area (Å²) in [5.41, 5.74) is 0.240. The molecule has 1 aliphatic carbocycles. The molecule has 0 unspecified atom stereocenters. The second-order valence-electron chi connectivity index (χ2n) is 4.36. The lowest BCUT2D eigenvalue weighted by Gasteiger charge is -2.13. The molecular formula is C12H16N2O4. The van der Waals surface area contributed by atoms with Gasteiger partial charge in [0.2, 0.25) is 0 Å². The van der Waals surface area contributed by atoms with E-state index in [2.05, 4.69) is 5.16 Å². The van der Waals surface area contributed by atoms with Crippen molar-refractivity contribution in [3.8, 4) is 0 Å². The van der Waals surface area contributed by atoms with E-state index >= 15 is 0 Å². The number of nitrogens with zero attached hydrogens (tertiary/aromatic N) is 2. The van der Waals surface area contributed by atoms with Gasteiger partial charge in [0, 0.05) is 19.0 Å². The number of esters is 1. The predicted molar refractivity (Wildman–Crippen MR) is 62.1 cm³/mol. The Morgan fingerprint density at radius 1 is 1.56 bits per heavy atom. The number of likely N-dealkylation sites (N-methyl/N-ethyl adjacent to an activating group) is 1. The van der Waals surface area contributed by atoms with Crippen molar-refractivity contribution in [1.29, 1.82) is 0 Å². The maximum atomic E-state index is 11.9. The summed E-state index contributed by atoms with van der Waals surface area (Å²) in [6.45, 7) is 1.94. The standard InChI is InChI=1S/C12H16N2O4/c1-3-17-11(15)7-14(2)12(16)9-6-10(18-13-9)8-4-5-8/h6,8H,3-5,7H2,1-2H3. The summed E-state index contributed by atoms with van der Waals surface area (Å²) in [6, 6.07) is 1.65. The first kappa shape index (κ1) is 12.6. The Kier molecular flexibility index (Phi) is 3.64. The molecule has 1 aromatic rings. The highest BCUT2D eigenvalue weighted by Crippen LogP contribution is 2.40. The first-order valence-corrected chi connectivity index (χ1v) is 5.99. The van der Waals surface area contributed by atoms with Crippen LogP contribution in [0.25, 0.3) is 0 Å². The lowest BCUT2D eigenvalue weighted by Crippen LogP contribution is -2.33. The smallest absolute Gasteiger partial charge is 0.325 e. The molecule has 0 saturated heterocycles. The maximum absolute atomic E-state index is 11.9. The molecule has 1 heterocycles. The summed E-state index contributed by atoms with van der Waals surface area (Å²) in [6.07, 6.45) is 2.17. The monoisotopic (exact) mass is 252 g/mol. The molecule has 0 aromatic carbocycles. The molecule has 0 radical (unpaired) electrons. The summed E-state index contributed by atoms with van der Waals surface area (Å²) >= 11 is 0. The van der Waals surface area contributed by atoms with Crippen LogP contribution in [0.2, 0.25) is 0 Å². The van der Waals surface area contributed by atoms with Crippen molar-refractivity contribution in [1.82, 2.24) is 10.1 Å². The van der Waals surface area contributed by atoms with Crippen molar-refractivity contribution < 1.29 is 18.8 Å². The fraction of sp³-hybridized carbons (Fsp3) is 0.583. The van der Waals surface area contributed by atoms with Gasteiger partial charge in [-0.25, -0.2) is 0 Å². The van der Waals surface area contributed by atoms with Crippen LogP contribution in [-0.4, -0.2) is 42.1 Å². The normalized spacial score (nSPS) is 14.3. The van der Waals surface area contributed by atoms with Crippen LogP contribution < -0.4 is 0 Å². The van der Waals surface area contributed by atoms with Crippen molar-refractivity contribution in [3.63, 3.8) is 0 Å². The maximum Gasteiger partial charge on any atom is 0.325 e. The number of rotatable bonds is 5. The number of aromatic nitrogens is 1. The molecule has 6 nitrogen and oxygen atoms in total. The fourth-order valence-corrected chi connectivity index (χ4v) is 1.62. The Hall–Kier alpha value is -1.85. The number of carbonyl (C=O) groups excluding carboxylic acids is 2. The van der Waals surface area contributed by atoms with Crippen LogP contribution in [0.3, 0.4) is 0 Å². The van der Waals surface area contributed by atoms with Crippen LogP contribution in [0.4, 0.5) is 0 Å². The third kappa shape index (κ3) is 2.88. The molecule has 0 N–H and O–H groups in total. The highest BCUT2D eigenvalue weighted by Gasteiger charge is 2.29. The minimum absolute atomic E-state index is 0.0850. The van der Waals surface area contributed by atoms with E-state index in [1.54, 1.807) is 13.0 Å². The quantitative estimate of drug-likeness (QED) is 0.736. The predicted octanol–water partition coefficient (Wildman–Crippen LogP) is 1.19. The van der Waals surface area contributed by atoms with Crippen molar-refractivity contribution in [2.45, 2.75) is 25.7 Å². The van der Waals surface area contributed by atoms with E-state index in [9.17, 15) is 9.59 Å². The van der Waals surface area contributed by atoms with Gasteiger partial charge in [0.15, 0.2) is 5.69 Å². The zero-order valence-corrected chi connectivity index (χ0v) is 10.5. The molecule has 98 valence electrons. The number of amides is 1. The van der Waals surface area contributed by atoms with E-state index < -0.39 is 5.97 Å². The average Bonchev–Trinajstić information content (AvgIpc) is 3.06. The number of carbonyl (C=O) groups is 2. The van der Waals surface area contributed by atoms with Crippen LogP contribution in [0.1, 0.15) is 41.9 Å². The Labute approximate surface area is 105 Å². The van der Waals surface area contributed by atoms with E-state index in [0.29, 0.717) is 12.5 Å². The summed E-state index contributed by atoms with van der Waals surface area (Å²) in [5, 5.41) is 3.73. The van der Waals surface area contributed by atoms with Gasteiger partial charge in [-0.2, -0.15) is 0 Å². The van der Waals surface area contributed by atoms with Gasteiger partial charge in [-0.05, 0) is 19.8 Å². The minimum Gasteiger partial charge on any atom is -0.465 e. The first-order chi connectivity index (χ1) is 8.61. The summed E-state index contributed by atoms with van der Waals surface area (Å²) in [5.74, 6) is 0.398. The molecule has 0 atom stereocenters. The van der Waals surface area contributed by atoms with Crippen molar-refractivity contribution in [3.05, 3.63) is 17.5 Å². The summed E-state index contributed by atoms with van der Waals surface area (Å²) in [7, 11) is 1.53. The molecule has 1 amide bonds. The molecule has 0 spiro atoms. The molecule has 1 aliphatic rings. The molecule has 1 saturated carbocycles. The Morgan fingerprint density at radius 3 is 2.89 bits per heavy atom. The zero-order valence-electron chi connectivity index (χ0n) is 10.5. The molecule has 6 heteroatoms. The lowest BCUT2D eigenvalue weighted by atomic mass is 10.2. The van der Waals surface area contributed by atoms with Crippen LogP contribution in [0.15, 0.2) is 10.6 Å². The minimum atomic E-state index is -0.431. The van der Waals surface area contributed by atoms with Crippen LogP contribution >= 0.6 is 0 Å². The van der Waals surface area contributed by atoms with Crippen LogP contribution in [0, 0.1) is 0 Å². The van der Waals surface area contributed by atoms with Crippen molar-refractivity contribution in [2.24, 2.45) is 0 Å². The Bertz CT molecular complexity index is 451. The van der Waals surface area contributed by atoms with E-state index in [-0.39, 0.29) is 18.1 Å². The number of ether oxygens (including phenoxy) is 1. The largest absolute Gasteiger partial charge is 0.465 e. The fourth-order valence-electron chi connectivity index (χ4n) is 1.62.